The number of aryl methyl sites for hydroxylation is 1. The van der Waals surface area contributed by atoms with E-state index in [1.54, 1.807) is 0 Å². The highest BCUT2D eigenvalue weighted by atomic mass is 15.2. The van der Waals surface area contributed by atoms with Crippen molar-refractivity contribution in [1.82, 2.24) is 10.3 Å². The molecule has 1 N–H and O–H groups in total. The molecule has 1 saturated carbocycles. The molecule has 2 rings (SSSR count). The minimum absolute atomic E-state index is 0.148. The van der Waals surface area contributed by atoms with Gasteiger partial charge in [-0.2, -0.15) is 0 Å². The van der Waals surface area contributed by atoms with Crippen LogP contribution in [0, 0.1) is 0 Å². The number of aromatic nitrogens is 1. The second kappa shape index (κ2) is 6.78. The summed E-state index contributed by atoms with van der Waals surface area (Å²) in [5.41, 5.74) is 2.74. The van der Waals surface area contributed by atoms with E-state index in [0.717, 1.165) is 32.0 Å². The van der Waals surface area contributed by atoms with Crippen LogP contribution < -0.4 is 10.2 Å². The van der Waals surface area contributed by atoms with E-state index in [1.807, 2.05) is 0 Å². The highest BCUT2D eigenvalue weighted by Crippen LogP contribution is 2.31. The molecule has 1 fully saturated rings. The van der Waals surface area contributed by atoms with Gasteiger partial charge in [-0.05, 0) is 64.7 Å². The van der Waals surface area contributed by atoms with Gasteiger partial charge in [-0.25, -0.2) is 4.98 Å². The highest BCUT2D eigenvalue weighted by molar-refractivity contribution is 5.45. The van der Waals surface area contributed by atoms with Gasteiger partial charge in [0.05, 0.1) is 0 Å². The van der Waals surface area contributed by atoms with Gasteiger partial charge in [0.2, 0.25) is 0 Å². The molecule has 1 aromatic rings. The summed E-state index contributed by atoms with van der Waals surface area (Å²) in [7, 11) is 0. The molecule has 0 amide bonds. The van der Waals surface area contributed by atoms with Crippen LogP contribution in [0.25, 0.3) is 0 Å². The summed E-state index contributed by atoms with van der Waals surface area (Å²) in [6.07, 6.45) is 4.86. The third kappa shape index (κ3) is 4.99. The summed E-state index contributed by atoms with van der Waals surface area (Å²) in [6, 6.07) is 5.27. The Kier molecular flexibility index (Phi) is 5.26. The summed E-state index contributed by atoms with van der Waals surface area (Å²) < 4.78 is 0. The number of pyridine rings is 1. The van der Waals surface area contributed by atoms with Gasteiger partial charge in [-0.1, -0.05) is 13.3 Å². The fourth-order valence-corrected chi connectivity index (χ4v) is 2.63. The molecule has 3 heteroatoms. The summed E-state index contributed by atoms with van der Waals surface area (Å²) in [5.74, 6) is 1.18. The van der Waals surface area contributed by atoms with E-state index in [1.165, 1.54) is 29.9 Å². The number of nitrogens with zero attached hydrogens (tertiary/aromatic N) is 2. The topological polar surface area (TPSA) is 28.2 Å². The number of nitrogens with one attached hydrogen (secondary N) is 1. The smallest absolute Gasteiger partial charge is 0.129 e. The molecule has 0 radical (unpaired) electrons. The lowest BCUT2D eigenvalue weighted by atomic mass is 10.1. The van der Waals surface area contributed by atoms with Crippen LogP contribution in [0.15, 0.2) is 12.1 Å². The van der Waals surface area contributed by atoms with E-state index < -0.39 is 0 Å². The zero-order chi connectivity index (χ0) is 15.5. The van der Waals surface area contributed by atoms with Crippen molar-refractivity contribution in [3.05, 3.63) is 23.4 Å². The average molecular weight is 289 g/mol. The van der Waals surface area contributed by atoms with E-state index >= 15 is 0 Å². The molecule has 0 bridgehead atoms. The third-order valence-corrected chi connectivity index (χ3v) is 3.88. The fraction of sp³-hybridized carbons (Fsp3) is 0.722. The van der Waals surface area contributed by atoms with E-state index in [2.05, 4.69) is 57.0 Å². The van der Waals surface area contributed by atoms with Crippen molar-refractivity contribution >= 4 is 5.82 Å². The van der Waals surface area contributed by atoms with Crippen LogP contribution in [0.3, 0.4) is 0 Å². The van der Waals surface area contributed by atoms with Gasteiger partial charge in [-0.15, -0.1) is 0 Å². The normalized spacial score (nSPS) is 15.3. The predicted molar refractivity (Wildman–Crippen MR) is 90.9 cm³/mol. The molecule has 0 atom stereocenters. The monoisotopic (exact) mass is 289 g/mol. The van der Waals surface area contributed by atoms with Crippen molar-refractivity contribution in [2.45, 2.75) is 78.4 Å². The molecule has 0 spiro atoms. The van der Waals surface area contributed by atoms with Crippen LogP contribution in [-0.2, 0) is 13.0 Å². The molecule has 21 heavy (non-hydrogen) atoms. The number of hydrogen-bond acceptors (Lipinski definition) is 3. The largest absolute Gasteiger partial charge is 0.354 e. The van der Waals surface area contributed by atoms with Gasteiger partial charge in [0.1, 0.15) is 5.82 Å². The molecular formula is C18H31N3. The molecule has 1 aliphatic rings. The van der Waals surface area contributed by atoms with Gasteiger partial charge >= 0.3 is 0 Å². The Morgan fingerprint density at radius 3 is 2.48 bits per heavy atom. The Morgan fingerprint density at radius 2 is 1.95 bits per heavy atom. The standard InChI is InChI=1S/C18H31N3/c1-6-8-15-11-14(13-19-18(3,4)5)12-17(20-15)21(7-2)16-9-10-16/h11-12,16,19H,6-10,13H2,1-5H3. The van der Waals surface area contributed by atoms with Crippen LogP contribution in [-0.4, -0.2) is 23.1 Å². The summed E-state index contributed by atoms with van der Waals surface area (Å²) in [6.45, 7) is 13.1. The molecule has 3 nitrogen and oxygen atoms in total. The lowest BCUT2D eigenvalue weighted by Crippen LogP contribution is -2.35. The average Bonchev–Trinajstić information content (AvgIpc) is 3.21. The molecule has 0 aromatic carbocycles. The van der Waals surface area contributed by atoms with E-state index in [9.17, 15) is 0 Å². The van der Waals surface area contributed by atoms with Crippen LogP contribution in [0.2, 0.25) is 0 Å². The number of rotatable bonds is 7. The highest BCUT2D eigenvalue weighted by Gasteiger charge is 2.29. The minimum Gasteiger partial charge on any atom is -0.354 e. The zero-order valence-corrected chi connectivity index (χ0v) is 14.4. The summed E-state index contributed by atoms with van der Waals surface area (Å²) in [5, 5.41) is 3.59. The van der Waals surface area contributed by atoms with Crippen molar-refractivity contribution in [1.29, 1.82) is 0 Å². The van der Waals surface area contributed by atoms with Crippen molar-refractivity contribution in [3.63, 3.8) is 0 Å². The molecule has 1 aliphatic carbocycles. The first-order valence-electron chi connectivity index (χ1n) is 8.44. The Morgan fingerprint density at radius 1 is 1.24 bits per heavy atom. The van der Waals surface area contributed by atoms with E-state index in [0.29, 0.717) is 0 Å². The van der Waals surface area contributed by atoms with Gasteiger partial charge in [-0.3, -0.25) is 0 Å². The van der Waals surface area contributed by atoms with Gasteiger partial charge in [0, 0.05) is 30.4 Å². The van der Waals surface area contributed by atoms with E-state index in [-0.39, 0.29) is 5.54 Å². The van der Waals surface area contributed by atoms with Crippen LogP contribution in [0.5, 0.6) is 0 Å². The third-order valence-electron chi connectivity index (χ3n) is 3.88. The number of anilines is 1. The molecular weight excluding hydrogens is 258 g/mol. The zero-order valence-electron chi connectivity index (χ0n) is 14.4. The Hall–Kier alpha value is -1.09. The molecule has 0 aliphatic heterocycles. The van der Waals surface area contributed by atoms with Crippen LogP contribution in [0.1, 0.15) is 65.1 Å². The summed E-state index contributed by atoms with van der Waals surface area (Å²) >= 11 is 0. The first kappa shape index (κ1) is 16.3. The van der Waals surface area contributed by atoms with Crippen LogP contribution in [0.4, 0.5) is 5.82 Å². The second-order valence-electron chi connectivity index (χ2n) is 7.20. The van der Waals surface area contributed by atoms with Gasteiger partial charge in [0.25, 0.3) is 0 Å². The molecule has 0 saturated heterocycles. The van der Waals surface area contributed by atoms with Crippen molar-refractivity contribution in [2.75, 3.05) is 11.4 Å². The maximum Gasteiger partial charge on any atom is 0.129 e. The Bertz CT molecular complexity index is 458. The first-order valence-corrected chi connectivity index (χ1v) is 8.44. The maximum atomic E-state index is 4.90. The SMILES string of the molecule is CCCc1cc(CNC(C)(C)C)cc(N(CC)C2CC2)n1. The van der Waals surface area contributed by atoms with E-state index in [4.69, 9.17) is 4.98 Å². The lowest BCUT2D eigenvalue weighted by Gasteiger charge is -2.24. The second-order valence-corrected chi connectivity index (χ2v) is 7.20. The molecule has 1 aromatic heterocycles. The maximum absolute atomic E-state index is 4.90. The lowest BCUT2D eigenvalue weighted by molar-refractivity contribution is 0.424. The van der Waals surface area contributed by atoms with Crippen molar-refractivity contribution in [3.8, 4) is 0 Å². The van der Waals surface area contributed by atoms with Gasteiger partial charge in [0.15, 0.2) is 0 Å². The first-order chi connectivity index (χ1) is 9.93. The number of hydrogen-bond donors (Lipinski definition) is 1. The summed E-state index contributed by atoms with van der Waals surface area (Å²) in [4.78, 5) is 7.37. The Balaban J connectivity index is 2.20. The quantitative estimate of drug-likeness (QED) is 0.825. The predicted octanol–water partition coefficient (Wildman–Crippen LogP) is 3.91. The van der Waals surface area contributed by atoms with Crippen molar-refractivity contribution in [2.24, 2.45) is 0 Å². The molecule has 118 valence electrons. The van der Waals surface area contributed by atoms with Crippen molar-refractivity contribution < 1.29 is 0 Å². The minimum atomic E-state index is 0.148. The van der Waals surface area contributed by atoms with Gasteiger partial charge < -0.3 is 10.2 Å². The molecule has 0 unspecified atom stereocenters. The fourth-order valence-electron chi connectivity index (χ4n) is 2.63. The Labute approximate surface area is 130 Å². The molecule has 1 heterocycles. The van der Waals surface area contributed by atoms with Crippen LogP contribution >= 0.6 is 0 Å².